The van der Waals surface area contributed by atoms with E-state index in [9.17, 15) is 5.26 Å². The monoisotopic (exact) mass is 323 g/mol. The number of aromatic nitrogens is 5. The summed E-state index contributed by atoms with van der Waals surface area (Å²) in [4.78, 5) is 18.8. The lowest BCUT2D eigenvalue weighted by Gasteiger charge is -2.12. The quantitative estimate of drug-likeness (QED) is 0.639. The Kier molecular flexibility index (Phi) is 3.64. The molecule has 24 heavy (non-hydrogen) atoms. The number of nitriles is 1. The van der Waals surface area contributed by atoms with E-state index in [1.54, 1.807) is 6.33 Å². The molecule has 0 aliphatic carbocycles. The molecule has 0 bridgehead atoms. The molecule has 3 aromatic rings. The Labute approximate surface area is 137 Å². The molecule has 1 atom stereocenters. The van der Waals surface area contributed by atoms with Gasteiger partial charge in [-0.05, 0) is 13.0 Å². The van der Waals surface area contributed by atoms with Gasteiger partial charge in [0.15, 0.2) is 0 Å². The molecule has 0 saturated carbocycles. The lowest BCUT2D eigenvalue weighted by atomic mass is 10.3. The standard InChI is InChI=1S/C15H14N8O/c16-4-11-15(24-9-1-2-17-5-9)23-14(7-18-11)22-13-3-10-12(6-19-13)21-8-20-10/h3,6-9,17H,1-2,5H2,(H,20,21)(H,19,22,23)/p+1/t9-/m1/s1. The number of ether oxygens (including phenoxy) is 1. The Morgan fingerprint density at radius 3 is 3.21 bits per heavy atom. The van der Waals surface area contributed by atoms with E-state index in [0.717, 1.165) is 30.5 Å². The number of nitrogens with zero attached hydrogens (tertiary/aromatic N) is 4. The number of hydrogen-bond acceptors (Lipinski definition) is 7. The smallest absolute Gasteiger partial charge is 0.280 e. The molecule has 0 aromatic carbocycles. The lowest BCUT2D eigenvalue weighted by molar-refractivity contribution is -0.358. The summed E-state index contributed by atoms with van der Waals surface area (Å²) in [5.74, 6) is 1.44. The first kappa shape index (κ1) is 14.3. The van der Waals surface area contributed by atoms with E-state index in [2.05, 4.69) is 35.6 Å². The number of pyridine rings is 1. The molecule has 1 saturated heterocycles. The van der Waals surface area contributed by atoms with E-state index >= 15 is 0 Å². The molecule has 0 radical (unpaired) electrons. The second-order valence-electron chi connectivity index (χ2n) is 5.43. The van der Waals surface area contributed by atoms with Crippen LogP contribution in [0.3, 0.4) is 0 Å². The van der Waals surface area contributed by atoms with Crippen molar-refractivity contribution in [3.63, 3.8) is 0 Å². The number of fused-ring (bicyclic) bond motifs is 1. The Morgan fingerprint density at radius 1 is 1.42 bits per heavy atom. The highest BCUT2D eigenvalue weighted by molar-refractivity contribution is 5.75. The number of rotatable bonds is 4. The number of hydrogen-bond donors (Lipinski definition) is 3. The predicted molar refractivity (Wildman–Crippen MR) is 84.6 cm³/mol. The molecule has 1 aliphatic heterocycles. The zero-order chi connectivity index (χ0) is 16.4. The third-order valence-corrected chi connectivity index (χ3v) is 3.76. The molecule has 0 amide bonds. The van der Waals surface area contributed by atoms with E-state index in [-0.39, 0.29) is 17.7 Å². The van der Waals surface area contributed by atoms with Crippen molar-refractivity contribution in [2.24, 2.45) is 0 Å². The molecular formula is C15H15N8O+. The fourth-order valence-corrected chi connectivity index (χ4v) is 2.56. The van der Waals surface area contributed by atoms with E-state index < -0.39 is 0 Å². The van der Waals surface area contributed by atoms with Crippen LogP contribution in [0.2, 0.25) is 0 Å². The average Bonchev–Trinajstić information content (AvgIpc) is 3.26. The Morgan fingerprint density at radius 2 is 2.38 bits per heavy atom. The van der Waals surface area contributed by atoms with Crippen molar-refractivity contribution in [1.82, 2.24) is 25.3 Å². The van der Waals surface area contributed by atoms with Gasteiger partial charge in [0.1, 0.15) is 29.4 Å². The molecule has 9 nitrogen and oxygen atoms in total. The van der Waals surface area contributed by atoms with E-state index in [1.807, 2.05) is 18.3 Å². The molecular weight excluding hydrogens is 308 g/mol. The SMILES string of the molecule is N#Cc1ncc(Nc2cc3nc[nH]c3c[nH+]2)nc1O[C@@H]1CCNC1. The molecule has 9 heteroatoms. The third kappa shape index (κ3) is 2.82. The molecule has 3 aromatic heterocycles. The highest BCUT2D eigenvalue weighted by atomic mass is 16.5. The third-order valence-electron chi connectivity index (χ3n) is 3.76. The Balaban J connectivity index is 1.59. The first-order chi connectivity index (χ1) is 11.8. The van der Waals surface area contributed by atoms with Crippen molar-refractivity contribution in [2.45, 2.75) is 12.5 Å². The van der Waals surface area contributed by atoms with Crippen LogP contribution in [-0.4, -0.2) is 39.1 Å². The maximum Gasteiger partial charge on any atom is 0.280 e. The van der Waals surface area contributed by atoms with Crippen LogP contribution < -0.4 is 20.4 Å². The first-order valence-electron chi connectivity index (χ1n) is 7.58. The van der Waals surface area contributed by atoms with Gasteiger partial charge in [-0.15, -0.1) is 0 Å². The van der Waals surface area contributed by atoms with Crippen molar-refractivity contribution < 1.29 is 9.72 Å². The molecule has 120 valence electrons. The summed E-state index contributed by atoms with van der Waals surface area (Å²) in [5.41, 5.74) is 1.91. The summed E-state index contributed by atoms with van der Waals surface area (Å²) in [7, 11) is 0. The van der Waals surface area contributed by atoms with Gasteiger partial charge in [-0.25, -0.2) is 20.3 Å². The minimum absolute atomic E-state index is 0.00798. The fourth-order valence-electron chi connectivity index (χ4n) is 2.56. The predicted octanol–water partition coefficient (Wildman–Crippen LogP) is 0.523. The van der Waals surface area contributed by atoms with Gasteiger partial charge in [-0.1, -0.05) is 0 Å². The second-order valence-corrected chi connectivity index (χ2v) is 5.43. The normalized spacial score (nSPS) is 16.9. The van der Waals surface area contributed by atoms with Gasteiger partial charge in [0.2, 0.25) is 11.5 Å². The summed E-state index contributed by atoms with van der Waals surface area (Å²) in [6.45, 7) is 1.64. The summed E-state index contributed by atoms with van der Waals surface area (Å²) in [6, 6.07) is 3.87. The van der Waals surface area contributed by atoms with Crippen molar-refractivity contribution >= 4 is 22.7 Å². The minimum Gasteiger partial charge on any atom is -0.471 e. The van der Waals surface area contributed by atoms with E-state index in [4.69, 9.17) is 4.74 Å². The molecule has 4 heterocycles. The molecule has 1 fully saturated rings. The van der Waals surface area contributed by atoms with Crippen LogP contribution in [0.25, 0.3) is 11.0 Å². The van der Waals surface area contributed by atoms with E-state index in [1.165, 1.54) is 6.20 Å². The van der Waals surface area contributed by atoms with Gasteiger partial charge in [-0.3, -0.25) is 0 Å². The molecule has 1 aliphatic rings. The van der Waals surface area contributed by atoms with Crippen LogP contribution in [0.4, 0.5) is 11.6 Å². The van der Waals surface area contributed by atoms with Gasteiger partial charge < -0.3 is 15.0 Å². The van der Waals surface area contributed by atoms with Crippen molar-refractivity contribution in [1.29, 1.82) is 5.26 Å². The Bertz CT molecular complexity index is 909. The van der Waals surface area contributed by atoms with Gasteiger partial charge in [0, 0.05) is 6.54 Å². The highest BCUT2D eigenvalue weighted by Gasteiger charge is 2.20. The largest absolute Gasteiger partial charge is 0.471 e. The average molecular weight is 323 g/mol. The Hall–Kier alpha value is -3.25. The van der Waals surface area contributed by atoms with Crippen LogP contribution in [-0.2, 0) is 0 Å². The van der Waals surface area contributed by atoms with Crippen LogP contribution in [0.15, 0.2) is 24.8 Å². The van der Waals surface area contributed by atoms with Gasteiger partial charge in [0.25, 0.3) is 11.7 Å². The maximum atomic E-state index is 9.18. The molecule has 4 rings (SSSR count). The van der Waals surface area contributed by atoms with Crippen molar-refractivity contribution in [3.05, 3.63) is 30.5 Å². The molecule has 0 unspecified atom stereocenters. The zero-order valence-corrected chi connectivity index (χ0v) is 12.7. The van der Waals surface area contributed by atoms with E-state index in [0.29, 0.717) is 11.6 Å². The van der Waals surface area contributed by atoms with Crippen LogP contribution in [0.1, 0.15) is 12.1 Å². The fraction of sp³-hybridized carbons (Fsp3) is 0.267. The summed E-state index contributed by atoms with van der Waals surface area (Å²) >= 11 is 0. The topological polar surface area (TPSA) is 126 Å². The maximum absolute atomic E-state index is 9.18. The number of nitrogens with one attached hydrogen (secondary N) is 4. The van der Waals surface area contributed by atoms with Crippen molar-refractivity contribution in [3.8, 4) is 11.9 Å². The first-order valence-corrected chi connectivity index (χ1v) is 7.58. The van der Waals surface area contributed by atoms with Crippen LogP contribution in [0, 0.1) is 11.3 Å². The molecule has 0 spiro atoms. The summed E-state index contributed by atoms with van der Waals surface area (Å²) < 4.78 is 5.81. The van der Waals surface area contributed by atoms with Crippen LogP contribution >= 0.6 is 0 Å². The summed E-state index contributed by atoms with van der Waals surface area (Å²) in [6.07, 6.45) is 5.83. The van der Waals surface area contributed by atoms with Crippen molar-refractivity contribution in [2.75, 3.05) is 18.4 Å². The van der Waals surface area contributed by atoms with Gasteiger partial charge in [0.05, 0.1) is 18.6 Å². The van der Waals surface area contributed by atoms with Gasteiger partial charge >= 0.3 is 0 Å². The number of imidazole rings is 1. The number of aromatic amines is 2. The van der Waals surface area contributed by atoms with Gasteiger partial charge in [-0.2, -0.15) is 10.2 Å². The number of H-pyrrole nitrogens is 2. The minimum atomic E-state index is 0.00798. The summed E-state index contributed by atoms with van der Waals surface area (Å²) in [5, 5.41) is 15.5. The highest BCUT2D eigenvalue weighted by Crippen LogP contribution is 2.20. The number of anilines is 2. The second kappa shape index (κ2) is 6.10. The van der Waals surface area contributed by atoms with Crippen LogP contribution in [0.5, 0.6) is 5.88 Å². The zero-order valence-electron chi connectivity index (χ0n) is 12.7. The molecule has 4 N–H and O–H groups in total. The lowest BCUT2D eigenvalue weighted by Crippen LogP contribution is -2.21.